The summed E-state index contributed by atoms with van der Waals surface area (Å²) >= 11 is 2.99. The third-order valence-electron chi connectivity index (χ3n) is 8.58. The lowest BCUT2D eigenvalue weighted by molar-refractivity contribution is -0.115. The maximum atomic E-state index is 12.8. The first-order valence-electron chi connectivity index (χ1n) is 15.5. The molecule has 13 nitrogen and oxygen atoms in total. The predicted octanol–water partition coefficient (Wildman–Crippen LogP) is 3.33. The van der Waals surface area contributed by atoms with Gasteiger partial charge in [0.2, 0.25) is 16.2 Å². The molecule has 2 atom stereocenters. The third kappa shape index (κ3) is 7.17. The van der Waals surface area contributed by atoms with Gasteiger partial charge in [-0.3, -0.25) is 14.8 Å². The average molecular weight is 661 g/mol. The van der Waals surface area contributed by atoms with Crippen LogP contribution in [0.5, 0.6) is 0 Å². The smallest absolute Gasteiger partial charge is 0.232 e. The number of pyridine rings is 2. The molecular formula is C31H36N10O3S2. The van der Waals surface area contributed by atoms with Gasteiger partial charge in [0.1, 0.15) is 10.0 Å². The van der Waals surface area contributed by atoms with E-state index >= 15 is 0 Å². The van der Waals surface area contributed by atoms with Gasteiger partial charge in [-0.1, -0.05) is 35.7 Å². The van der Waals surface area contributed by atoms with E-state index in [-0.39, 0.29) is 36.4 Å². The number of rotatable bonds is 11. The van der Waals surface area contributed by atoms with Crippen molar-refractivity contribution in [3.05, 3.63) is 70.3 Å². The summed E-state index contributed by atoms with van der Waals surface area (Å²) < 4.78 is 0. The normalized spacial score (nSPS) is 20.2. The molecule has 1 aliphatic carbocycles. The molecule has 1 amide bonds. The molecular weight excluding hydrogens is 625 g/mol. The average Bonchev–Trinajstić information content (AvgIpc) is 3.68. The van der Waals surface area contributed by atoms with Gasteiger partial charge in [0.15, 0.2) is 0 Å². The second-order valence-corrected chi connectivity index (χ2v) is 14.2. The second-order valence-electron chi connectivity index (χ2n) is 12.2. The zero-order valence-electron chi connectivity index (χ0n) is 25.2. The van der Waals surface area contributed by atoms with Crippen molar-refractivity contribution in [2.45, 2.75) is 62.6 Å². The van der Waals surface area contributed by atoms with Crippen molar-refractivity contribution in [2.24, 2.45) is 0 Å². The van der Waals surface area contributed by atoms with Gasteiger partial charge in [-0.05, 0) is 43.5 Å². The molecule has 4 N–H and O–H groups in total. The minimum Gasteiger partial charge on any atom is -0.389 e. The fourth-order valence-electron chi connectivity index (χ4n) is 6.13. The predicted molar refractivity (Wildman–Crippen MR) is 177 cm³/mol. The summed E-state index contributed by atoms with van der Waals surface area (Å²) in [5.74, 6) is 0.332. The van der Waals surface area contributed by atoms with Crippen molar-refractivity contribution in [1.29, 1.82) is 0 Å². The van der Waals surface area contributed by atoms with Crippen LogP contribution in [0.15, 0.2) is 48.9 Å². The number of allylic oxidation sites excluding steroid dienone is 1. The number of aliphatic hydroxyl groups is 2. The zero-order chi connectivity index (χ0) is 31.6. The van der Waals surface area contributed by atoms with E-state index in [1.165, 1.54) is 11.3 Å². The van der Waals surface area contributed by atoms with Crippen molar-refractivity contribution in [1.82, 2.24) is 30.4 Å². The molecule has 2 saturated heterocycles. The molecule has 2 aliphatic heterocycles. The summed E-state index contributed by atoms with van der Waals surface area (Å²) in [6, 6.07) is 7.77. The minimum absolute atomic E-state index is 0.136. The Hall–Kier alpha value is -4.05. The number of hydrogen-bond acceptors (Lipinski definition) is 14. The van der Waals surface area contributed by atoms with Gasteiger partial charge in [-0.25, -0.2) is 0 Å². The molecule has 1 saturated carbocycles. The summed E-state index contributed by atoms with van der Waals surface area (Å²) in [6.07, 6.45) is 7.65. The van der Waals surface area contributed by atoms with Gasteiger partial charge >= 0.3 is 0 Å². The van der Waals surface area contributed by atoms with Crippen LogP contribution in [0.4, 0.5) is 21.6 Å². The van der Waals surface area contributed by atoms with Crippen molar-refractivity contribution >= 4 is 50.2 Å². The lowest BCUT2D eigenvalue weighted by Gasteiger charge is -2.37. The zero-order valence-corrected chi connectivity index (χ0v) is 26.9. The molecule has 0 aromatic carbocycles. The van der Waals surface area contributed by atoms with Gasteiger partial charge < -0.3 is 30.6 Å². The van der Waals surface area contributed by atoms with Crippen LogP contribution in [0.1, 0.15) is 58.9 Å². The van der Waals surface area contributed by atoms with Crippen LogP contribution in [0, 0.1) is 0 Å². The molecule has 0 radical (unpaired) electrons. The first-order chi connectivity index (χ1) is 22.3. The molecule has 4 aromatic heterocycles. The second kappa shape index (κ2) is 13.4. The molecule has 0 spiro atoms. The van der Waals surface area contributed by atoms with Crippen LogP contribution in [0.25, 0.3) is 0 Å². The monoisotopic (exact) mass is 660 g/mol. The highest BCUT2D eigenvalue weighted by atomic mass is 32.1. The van der Waals surface area contributed by atoms with Crippen LogP contribution in [-0.4, -0.2) is 84.9 Å². The van der Waals surface area contributed by atoms with Crippen molar-refractivity contribution in [3.8, 4) is 0 Å². The molecule has 240 valence electrons. The molecule has 0 unspecified atom stereocenters. The Kier molecular flexibility index (Phi) is 8.88. The lowest BCUT2D eigenvalue weighted by atomic mass is 9.82. The summed E-state index contributed by atoms with van der Waals surface area (Å²) in [6.45, 7) is 6.67. The number of hydrogen-bond donors (Lipinski definition) is 4. The van der Waals surface area contributed by atoms with Gasteiger partial charge in [0, 0.05) is 79.6 Å². The summed E-state index contributed by atoms with van der Waals surface area (Å²) in [5, 5.41) is 46.1. The Morgan fingerprint density at radius 3 is 1.87 bits per heavy atom. The van der Waals surface area contributed by atoms with Gasteiger partial charge in [0.25, 0.3) is 0 Å². The highest BCUT2D eigenvalue weighted by Crippen LogP contribution is 2.43. The molecule has 15 heteroatoms. The van der Waals surface area contributed by atoms with Gasteiger partial charge in [0.05, 0.1) is 24.3 Å². The highest BCUT2D eigenvalue weighted by Gasteiger charge is 2.30. The van der Waals surface area contributed by atoms with Crippen LogP contribution in [0.2, 0.25) is 0 Å². The van der Waals surface area contributed by atoms with E-state index < -0.39 is 0 Å². The summed E-state index contributed by atoms with van der Waals surface area (Å²) in [7, 11) is 0. The van der Waals surface area contributed by atoms with Crippen molar-refractivity contribution in [3.63, 3.8) is 0 Å². The van der Waals surface area contributed by atoms with Crippen LogP contribution in [0.3, 0.4) is 0 Å². The number of β-amino-alcohol motifs (C(OH)–C–C–N with tert-alkyl or cyclic N) is 2. The van der Waals surface area contributed by atoms with E-state index in [2.05, 4.69) is 57.4 Å². The van der Waals surface area contributed by atoms with E-state index in [9.17, 15) is 15.0 Å². The van der Waals surface area contributed by atoms with E-state index in [0.29, 0.717) is 48.6 Å². The summed E-state index contributed by atoms with van der Waals surface area (Å²) in [4.78, 5) is 25.8. The standard InChI is InChI=1S/C31H36N10O3S2/c1-18(9-21-11-23(5-7-32-21)40-14-25(42)15-40)34-30-38-36-28(45-30)19-3-2-4-20(10-19)29-37-39-31(46-29)35-27(44)13-22-12-24(6-8-33-22)41-16-26(43)17-41/h5-8,11-12,19-20,25-26,42-43H,1-4,9-10,13-17H2,(H,34,38)(H,35,39,44)/t19-,20-/m0/s1. The number of nitrogens with zero attached hydrogens (tertiary/aromatic N) is 8. The van der Waals surface area contributed by atoms with E-state index in [1.54, 1.807) is 23.7 Å². The molecule has 7 rings (SSSR count). The molecule has 4 aromatic rings. The molecule has 0 bridgehead atoms. The largest absolute Gasteiger partial charge is 0.389 e. The highest BCUT2D eigenvalue weighted by molar-refractivity contribution is 7.15. The van der Waals surface area contributed by atoms with Crippen LogP contribution < -0.4 is 20.4 Å². The Balaban J connectivity index is 0.904. The van der Waals surface area contributed by atoms with Crippen LogP contribution in [-0.2, 0) is 17.6 Å². The number of carbonyl (C=O) groups is 1. The Morgan fingerprint density at radius 1 is 0.804 bits per heavy atom. The van der Waals surface area contributed by atoms with Gasteiger partial charge in [-0.2, -0.15) is 0 Å². The van der Waals surface area contributed by atoms with Crippen molar-refractivity contribution < 1.29 is 15.0 Å². The number of aliphatic hydroxyl groups excluding tert-OH is 2. The van der Waals surface area contributed by atoms with E-state index in [4.69, 9.17) is 0 Å². The number of amides is 1. The quantitative estimate of drug-likeness (QED) is 0.186. The molecule has 6 heterocycles. The number of anilines is 4. The van der Waals surface area contributed by atoms with Crippen molar-refractivity contribution in [2.75, 3.05) is 46.6 Å². The van der Waals surface area contributed by atoms with Crippen LogP contribution >= 0.6 is 22.7 Å². The molecule has 3 fully saturated rings. The Bertz CT molecular complexity index is 1580. The molecule has 46 heavy (non-hydrogen) atoms. The first kappa shape index (κ1) is 30.6. The Labute approximate surface area is 274 Å². The maximum absolute atomic E-state index is 12.8. The Morgan fingerprint density at radius 2 is 1.33 bits per heavy atom. The van der Waals surface area contributed by atoms with E-state index in [1.807, 2.05) is 24.3 Å². The first-order valence-corrected chi connectivity index (χ1v) is 17.1. The number of carbonyl (C=O) groups excluding carboxylic acids is 1. The minimum atomic E-state index is -0.297. The number of aromatic nitrogens is 6. The topological polar surface area (TPSA) is 165 Å². The van der Waals surface area contributed by atoms with E-state index in [0.717, 1.165) is 58.5 Å². The SMILES string of the molecule is C=C(Cc1cc(N2CC(O)C2)ccn1)Nc1nnc([C@H]2CCC[C@H](c3nnc(NC(=O)Cc4cc(N5CC(O)C5)ccn4)s3)C2)s1. The fourth-order valence-corrected chi connectivity index (χ4v) is 7.97. The fraction of sp³-hybridized carbons (Fsp3) is 0.452. The van der Waals surface area contributed by atoms with Gasteiger partial charge in [-0.15, -0.1) is 20.4 Å². The summed E-state index contributed by atoms with van der Waals surface area (Å²) in [5.41, 5.74) is 4.38. The molecule has 3 aliphatic rings. The maximum Gasteiger partial charge on any atom is 0.232 e. The number of nitrogens with one attached hydrogen (secondary N) is 2. The lowest BCUT2D eigenvalue weighted by Crippen LogP contribution is -2.50. The third-order valence-corrected chi connectivity index (χ3v) is 10.6.